The summed E-state index contributed by atoms with van der Waals surface area (Å²) >= 11 is 0. The van der Waals surface area contributed by atoms with Crippen molar-refractivity contribution < 1.29 is 14.4 Å². The molecule has 0 radical (unpaired) electrons. The molecule has 0 aliphatic heterocycles. The Hall–Kier alpha value is -1.36. The van der Waals surface area contributed by atoms with Gasteiger partial charge in [-0.1, -0.05) is 18.0 Å². The zero-order valence-electron chi connectivity index (χ0n) is 8.40. The fourth-order valence-electron chi connectivity index (χ4n) is 1.87. The molecule has 0 aromatic carbocycles. The standard InChI is InChI=1S/C10H14N2O3/c13-9(8-3-6-15-12-8)11-7-10(14)4-1-2-5-10/h3,6,14H,1-2,4-5,7H2,(H,11,13). The molecule has 0 unspecified atom stereocenters. The predicted octanol–water partition coefficient (Wildman–Crippen LogP) is 0.709. The number of carbonyl (C=O) groups is 1. The lowest BCUT2D eigenvalue weighted by atomic mass is 10.0. The van der Waals surface area contributed by atoms with E-state index in [4.69, 9.17) is 0 Å². The normalized spacial score (nSPS) is 19.0. The summed E-state index contributed by atoms with van der Waals surface area (Å²) in [7, 11) is 0. The van der Waals surface area contributed by atoms with Gasteiger partial charge in [-0.3, -0.25) is 4.79 Å². The molecule has 0 bridgehead atoms. The molecule has 2 N–H and O–H groups in total. The van der Waals surface area contributed by atoms with Gasteiger partial charge in [0.05, 0.1) is 5.60 Å². The number of carbonyl (C=O) groups excluding carboxylic acids is 1. The van der Waals surface area contributed by atoms with Crippen molar-refractivity contribution in [3.05, 3.63) is 18.0 Å². The van der Waals surface area contributed by atoms with E-state index in [0.717, 1.165) is 25.7 Å². The van der Waals surface area contributed by atoms with Crippen LogP contribution in [0.4, 0.5) is 0 Å². The minimum absolute atomic E-state index is 0.247. The lowest BCUT2D eigenvalue weighted by Crippen LogP contribution is -2.40. The van der Waals surface area contributed by atoms with Gasteiger partial charge in [-0.05, 0) is 12.8 Å². The van der Waals surface area contributed by atoms with Crippen LogP contribution in [-0.4, -0.2) is 28.3 Å². The molecule has 82 valence electrons. The van der Waals surface area contributed by atoms with Gasteiger partial charge in [0, 0.05) is 12.6 Å². The monoisotopic (exact) mass is 210 g/mol. The first kappa shape index (κ1) is 10.2. The second-order valence-corrected chi connectivity index (χ2v) is 4.00. The first-order valence-electron chi connectivity index (χ1n) is 5.11. The maximum absolute atomic E-state index is 11.5. The van der Waals surface area contributed by atoms with Crippen LogP contribution in [0, 0.1) is 0 Å². The Labute approximate surface area is 87.5 Å². The summed E-state index contributed by atoms with van der Waals surface area (Å²) in [4.78, 5) is 11.5. The number of hydrogen-bond donors (Lipinski definition) is 2. The quantitative estimate of drug-likeness (QED) is 0.770. The molecular weight excluding hydrogens is 196 g/mol. The molecule has 2 rings (SSSR count). The molecule has 1 saturated carbocycles. The van der Waals surface area contributed by atoms with Gasteiger partial charge in [-0.15, -0.1) is 0 Å². The summed E-state index contributed by atoms with van der Waals surface area (Å²) in [6.07, 6.45) is 4.91. The van der Waals surface area contributed by atoms with Crippen molar-refractivity contribution in [2.75, 3.05) is 6.54 Å². The van der Waals surface area contributed by atoms with E-state index in [9.17, 15) is 9.90 Å². The van der Waals surface area contributed by atoms with Crippen molar-refractivity contribution in [2.24, 2.45) is 0 Å². The van der Waals surface area contributed by atoms with Crippen molar-refractivity contribution in [3.63, 3.8) is 0 Å². The zero-order valence-corrected chi connectivity index (χ0v) is 8.40. The van der Waals surface area contributed by atoms with Gasteiger partial charge in [0.1, 0.15) is 6.26 Å². The summed E-state index contributed by atoms with van der Waals surface area (Å²) in [6, 6.07) is 1.49. The Morgan fingerprint density at radius 1 is 1.60 bits per heavy atom. The molecule has 0 saturated heterocycles. The zero-order chi connectivity index (χ0) is 10.7. The Kier molecular flexibility index (Phi) is 2.73. The van der Waals surface area contributed by atoms with Gasteiger partial charge >= 0.3 is 0 Å². The molecule has 1 aliphatic rings. The van der Waals surface area contributed by atoms with E-state index in [2.05, 4.69) is 15.0 Å². The topological polar surface area (TPSA) is 75.4 Å². The van der Waals surface area contributed by atoms with Crippen molar-refractivity contribution in [1.82, 2.24) is 10.5 Å². The molecule has 0 spiro atoms. The lowest BCUT2D eigenvalue weighted by Gasteiger charge is -2.21. The fraction of sp³-hybridized carbons (Fsp3) is 0.600. The smallest absolute Gasteiger partial charge is 0.273 e. The summed E-state index contributed by atoms with van der Waals surface area (Å²) in [5, 5.41) is 16.2. The SMILES string of the molecule is O=C(NCC1(O)CCCC1)c1ccon1. The number of rotatable bonds is 3. The van der Waals surface area contributed by atoms with Crippen molar-refractivity contribution in [2.45, 2.75) is 31.3 Å². The van der Waals surface area contributed by atoms with E-state index < -0.39 is 5.60 Å². The average molecular weight is 210 g/mol. The van der Waals surface area contributed by atoms with Gasteiger partial charge in [-0.25, -0.2) is 0 Å². The van der Waals surface area contributed by atoms with Crippen LogP contribution in [0.2, 0.25) is 0 Å². The second kappa shape index (κ2) is 4.02. The Balaban J connectivity index is 1.85. The van der Waals surface area contributed by atoms with Crippen molar-refractivity contribution in [1.29, 1.82) is 0 Å². The van der Waals surface area contributed by atoms with E-state index in [1.165, 1.54) is 12.3 Å². The van der Waals surface area contributed by atoms with Crippen LogP contribution in [-0.2, 0) is 0 Å². The highest BCUT2D eigenvalue weighted by molar-refractivity contribution is 5.91. The molecule has 1 aromatic rings. The third kappa shape index (κ3) is 2.36. The molecule has 1 aliphatic carbocycles. The van der Waals surface area contributed by atoms with Crippen LogP contribution < -0.4 is 5.32 Å². The molecule has 1 aromatic heterocycles. The third-order valence-electron chi connectivity index (χ3n) is 2.78. The summed E-state index contributed by atoms with van der Waals surface area (Å²) in [6.45, 7) is 0.290. The minimum atomic E-state index is -0.723. The Bertz CT molecular complexity index is 328. The largest absolute Gasteiger partial charge is 0.388 e. The van der Waals surface area contributed by atoms with Gasteiger partial charge in [0.25, 0.3) is 5.91 Å². The molecule has 5 heteroatoms. The Morgan fingerprint density at radius 2 is 2.33 bits per heavy atom. The molecule has 1 heterocycles. The summed E-state index contributed by atoms with van der Waals surface area (Å²) in [5.74, 6) is -0.302. The van der Waals surface area contributed by atoms with Gasteiger partial charge < -0.3 is 14.9 Å². The highest BCUT2D eigenvalue weighted by Crippen LogP contribution is 2.28. The van der Waals surface area contributed by atoms with Crippen molar-refractivity contribution >= 4 is 5.91 Å². The van der Waals surface area contributed by atoms with Crippen molar-refractivity contribution in [3.8, 4) is 0 Å². The molecule has 5 nitrogen and oxygen atoms in total. The van der Waals surface area contributed by atoms with Crippen LogP contribution >= 0.6 is 0 Å². The Morgan fingerprint density at radius 3 is 2.93 bits per heavy atom. The first-order valence-corrected chi connectivity index (χ1v) is 5.11. The van der Waals surface area contributed by atoms with Crippen LogP contribution in [0.1, 0.15) is 36.2 Å². The van der Waals surface area contributed by atoms with E-state index in [1.807, 2.05) is 0 Å². The highest BCUT2D eigenvalue weighted by atomic mass is 16.5. The van der Waals surface area contributed by atoms with E-state index >= 15 is 0 Å². The number of aliphatic hydroxyl groups is 1. The van der Waals surface area contributed by atoms with Crippen LogP contribution in [0.15, 0.2) is 16.9 Å². The van der Waals surface area contributed by atoms with Crippen LogP contribution in [0.25, 0.3) is 0 Å². The van der Waals surface area contributed by atoms with E-state index in [1.54, 1.807) is 0 Å². The summed E-state index contributed by atoms with van der Waals surface area (Å²) < 4.78 is 4.56. The van der Waals surface area contributed by atoms with Gasteiger partial charge in [-0.2, -0.15) is 0 Å². The van der Waals surface area contributed by atoms with Gasteiger partial charge in [0.2, 0.25) is 0 Å². The molecule has 0 atom stereocenters. The fourth-order valence-corrected chi connectivity index (χ4v) is 1.87. The number of hydrogen-bond acceptors (Lipinski definition) is 4. The van der Waals surface area contributed by atoms with Crippen LogP contribution in [0.3, 0.4) is 0 Å². The number of nitrogens with one attached hydrogen (secondary N) is 1. The number of aromatic nitrogens is 1. The predicted molar refractivity (Wildman–Crippen MR) is 52.3 cm³/mol. The molecule has 1 amide bonds. The highest BCUT2D eigenvalue weighted by Gasteiger charge is 2.31. The number of nitrogens with zero attached hydrogens (tertiary/aromatic N) is 1. The van der Waals surface area contributed by atoms with Gasteiger partial charge in [0.15, 0.2) is 5.69 Å². The van der Waals surface area contributed by atoms with E-state index in [0.29, 0.717) is 6.54 Å². The maximum Gasteiger partial charge on any atom is 0.273 e. The molecular formula is C10H14N2O3. The van der Waals surface area contributed by atoms with Crippen LogP contribution in [0.5, 0.6) is 0 Å². The third-order valence-corrected chi connectivity index (χ3v) is 2.78. The average Bonchev–Trinajstić information content (AvgIpc) is 2.85. The maximum atomic E-state index is 11.5. The minimum Gasteiger partial charge on any atom is -0.388 e. The molecule has 1 fully saturated rings. The second-order valence-electron chi connectivity index (χ2n) is 4.00. The summed E-state index contributed by atoms with van der Waals surface area (Å²) in [5.41, 5.74) is -0.476. The lowest BCUT2D eigenvalue weighted by molar-refractivity contribution is 0.0447. The van der Waals surface area contributed by atoms with E-state index in [-0.39, 0.29) is 11.6 Å². The first-order chi connectivity index (χ1) is 7.20. The number of amides is 1. The molecule has 15 heavy (non-hydrogen) atoms.